The highest BCUT2D eigenvalue weighted by Gasteiger charge is 2.18. The number of carbonyl (C=O) groups excluding carboxylic acids is 1. The van der Waals surface area contributed by atoms with Crippen molar-refractivity contribution < 1.29 is 14.3 Å². The fraction of sp³-hybridized carbons (Fsp3) is 0.250. The second-order valence-corrected chi connectivity index (χ2v) is 5.54. The fourth-order valence-corrected chi connectivity index (χ4v) is 2.80. The summed E-state index contributed by atoms with van der Waals surface area (Å²) in [6.45, 7) is 4.87. The Morgan fingerprint density at radius 3 is 2.50 bits per heavy atom. The van der Waals surface area contributed by atoms with Gasteiger partial charge >= 0.3 is 0 Å². The maximum Gasteiger partial charge on any atom is 0.191 e. The summed E-state index contributed by atoms with van der Waals surface area (Å²) in [6, 6.07) is 15.6. The van der Waals surface area contributed by atoms with Gasteiger partial charge in [0, 0.05) is 18.7 Å². The van der Waals surface area contributed by atoms with E-state index in [1.165, 1.54) is 0 Å². The molecule has 124 valence electrons. The summed E-state index contributed by atoms with van der Waals surface area (Å²) >= 11 is 0. The highest BCUT2D eigenvalue weighted by Crippen LogP contribution is 2.34. The summed E-state index contributed by atoms with van der Waals surface area (Å²) in [4.78, 5) is 13.7. The first kappa shape index (κ1) is 16.3. The molecule has 24 heavy (non-hydrogen) atoms. The number of allylic oxidation sites excluding steroid dienone is 1. The number of aldehydes is 1. The highest BCUT2D eigenvalue weighted by atomic mass is 16.5. The molecule has 0 saturated carbocycles. The SMILES string of the molecule is C/C=C(\Oc1c(C=O)cccc1-c1ccccc1)N1CCOCC1. The predicted octanol–water partition coefficient (Wildman–Crippen LogP) is 3.74. The number of nitrogens with zero attached hydrogens (tertiary/aromatic N) is 1. The summed E-state index contributed by atoms with van der Waals surface area (Å²) in [7, 11) is 0. The van der Waals surface area contributed by atoms with Gasteiger partial charge in [0.2, 0.25) is 0 Å². The average Bonchev–Trinajstić information content (AvgIpc) is 2.67. The van der Waals surface area contributed by atoms with E-state index in [0.717, 1.165) is 36.4 Å². The van der Waals surface area contributed by atoms with Crippen LogP contribution in [-0.2, 0) is 4.74 Å². The molecule has 2 aromatic carbocycles. The molecular formula is C20H21NO3. The third-order valence-corrected chi connectivity index (χ3v) is 4.03. The van der Waals surface area contributed by atoms with Crippen molar-refractivity contribution in [1.29, 1.82) is 0 Å². The Labute approximate surface area is 142 Å². The maximum absolute atomic E-state index is 11.5. The Hall–Kier alpha value is -2.59. The van der Waals surface area contributed by atoms with Gasteiger partial charge in [-0.1, -0.05) is 42.5 Å². The summed E-state index contributed by atoms with van der Waals surface area (Å²) < 4.78 is 11.6. The van der Waals surface area contributed by atoms with Crippen LogP contribution in [0.5, 0.6) is 5.75 Å². The minimum absolute atomic E-state index is 0.545. The first-order valence-electron chi connectivity index (χ1n) is 8.14. The van der Waals surface area contributed by atoms with Gasteiger partial charge in [0.25, 0.3) is 0 Å². The molecule has 0 atom stereocenters. The molecule has 3 rings (SSSR count). The molecule has 0 radical (unpaired) electrons. The van der Waals surface area contributed by atoms with Gasteiger partial charge in [-0.25, -0.2) is 0 Å². The Balaban J connectivity index is 1.98. The zero-order valence-electron chi connectivity index (χ0n) is 13.8. The third kappa shape index (κ3) is 3.49. The number of hydrogen-bond acceptors (Lipinski definition) is 4. The largest absolute Gasteiger partial charge is 0.440 e. The molecule has 0 unspecified atom stereocenters. The van der Waals surface area contributed by atoms with Crippen molar-refractivity contribution in [3.05, 3.63) is 66.1 Å². The van der Waals surface area contributed by atoms with Crippen molar-refractivity contribution in [2.75, 3.05) is 26.3 Å². The quantitative estimate of drug-likeness (QED) is 0.621. The Bertz CT molecular complexity index is 719. The lowest BCUT2D eigenvalue weighted by Crippen LogP contribution is -2.37. The molecule has 4 heteroatoms. The lowest BCUT2D eigenvalue weighted by Gasteiger charge is -2.31. The number of carbonyl (C=O) groups is 1. The van der Waals surface area contributed by atoms with E-state index in [4.69, 9.17) is 9.47 Å². The zero-order chi connectivity index (χ0) is 16.8. The maximum atomic E-state index is 11.5. The zero-order valence-corrected chi connectivity index (χ0v) is 13.8. The van der Waals surface area contributed by atoms with E-state index in [9.17, 15) is 4.79 Å². The van der Waals surface area contributed by atoms with Crippen molar-refractivity contribution in [3.8, 4) is 16.9 Å². The van der Waals surface area contributed by atoms with Crippen LogP contribution >= 0.6 is 0 Å². The first-order valence-corrected chi connectivity index (χ1v) is 8.14. The van der Waals surface area contributed by atoms with E-state index in [0.29, 0.717) is 24.5 Å². The molecule has 1 saturated heterocycles. The molecule has 4 nitrogen and oxygen atoms in total. The minimum Gasteiger partial charge on any atom is -0.440 e. The van der Waals surface area contributed by atoms with E-state index >= 15 is 0 Å². The summed E-state index contributed by atoms with van der Waals surface area (Å²) in [5.41, 5.74) is 2.48. The lowest BCUT2D eigenvalue weighted by atomic mass is 10.0. The van der Waals surface area contributed by atoms with Crippen molar-refractivity contribution in [2.24, 2.45) is 0 Å². The standard InChI is InChI=1S/C20H21NO3/c1-2-19(21-11-13-23-14-12-21)24-20-17(15-22)9-6-10-18(20)16-7-4-3-5-8-16/h2-10,15H,11-14H2,1H3/b19-2-. The molecule has 0 amide bonds. The predicted molar refractivity (Wildman–Crippen MR) is 94.0 cm³/mol. The summed E-state index contributed by atoms with van der Waals surface area (Å²) in [5, 5.41) is 0. The van der Waals surface area contributed by atoms with Crippen LogP contribution in [0.3, 0.4) is 0 Å². The second kappa shape index (κ2) is 7.79. The van der Waals surface area contributed by atoms with Crippen LogP contribution < -0.4 is 4.74 Å². The van der Waals surface area contributed by atoms with Crippen LogP contribution in [0.15, 0.2) is 60.5 Å². The molecule has 0 aromatic heterocycles. The molecule has 1 aliphatic heterocycles. The molecular weight excluding hydrogens is 302 g/mol. The molecule has 1 heterocycles. The molecule has 1 fully saturated rings. The summed E-state index contributed by atoms with van der Waals surface area (Å²) in [5.74, 6) is 1.35. The molecule has 1 aliphatic rings. The topological polar surface area (TPSA) is 38.8 Å². The molecule has 0 spiro atoms. The fourth-order valence-electron chi connectivity index (χ4n) is 2.80. The molecule has 2 aromatic rings. The van der Waals surface area contributed by atoms with Crippen molar-refractivity contribution in [3.63, 3.8) is 0 Å². The van der Waals surface area contributed by atoms with Gasteiger partial charge in [0.15, 0.2) is 12.2 Å². The van der Waals surface area contributed by atoms with Crippen molar-refractivity contribution in [1.82, 2.24) is 4.90 Å². The third-order valence-electron chi connectivity index (χ3n) is 4.03. The van der Waals surface area contributed by atoms with E-state index in [1.807, 2.05) is 55.5 Å². The van der Waals surface area contributed by atoms with Crippen LogP contribution in [-0.4, -0.2) is 37.5 Å². The molecule has 0 N–H and O–H groups in total. The summed E-state index contributed by atoms with van der Waals surface area (Å²) in [6.07, 6.45) is 2.77. The van der Waals surface area contributed by atoms with Crippen molar-refractivity contribution >= 4 is 6.29 Å². The average molecular weight is 323 g/mol. The normalized spacial score (nSPS) is 15.2. The van der Waals surface area contributed by atoms with Crippen molar-refractivity contribution in [2.45, 2.75) is 6.92 Å². The van der Waals surface area contributed by atoms with Crippen LogP contribution in [0.1, 0.15) is 17.3 Å². The van der Waals surface area contributed by atoms with E-state index in [1.54, 1.807) is 6.07 Å². The minimum atomic E-state index is 0.545. The van der Waals surface area contributed by atoms with Gasteiger partial charge in [-0.2, -0.15) is 0 Å². The number of benzene rings is 2. The van der Waals surface area contributed by atoms with E-state index in [-0.39, 0.29) is 0 Å². The van der Waals surface area contributed by atoms with E-state index in [2.05, 4.69) is 4.90 Å². The second-order valence-electron chi connectivity index (χ2n) is 5.54. The number of morpholine rings is 1. The van der Waals surface area contributed by atoms with Gasteiger partial charge in [-0.05, 0) is 24.6 Å². The number of ether oxygens (including phenoxy) is 2. The van der Waals surface area contributed by atoms with Crippen LogP contribution in [0, 0.1) is 0 Å². The Morgan fingerprint density at radius 2 is 1.83 bits per heavy atom. The van der Waals surface area contributed by atoms with Gasteiger partial charge < -0.3 is 14.4 Å². The first-order chi connectivity index (χ1) is 11.8. The molecule has 0 aliphatic carbocycles. The van der Waals surface area contributed by atoms with Crippen LogP contribution in [0.25, 0.3) is 11.1 Å². The van der Waals surface area contributed by atoms with Gasteiger partial charge in [0.05, 0.1) is 18.8 Å². The Kier molecular flexibility index (Phi) is 5.29. The smallest absolute Gasteiger partial charge is 0.191 e. The molecule has 0 bridgehead atoms. The monoisotopic (exact) mass is 323 g/mol. The van der Waals surface area contributed by atoms with Gasteiger partial charge in [-0.3, -0.25) is 4.79 Å². The van der Waals surface area contributed by atoms with Gasteiger partial charge in [0.1, 0.15) is 5.75 Å². The number of hydrogen-bond donors (Lipinski definition) is 0. The van der Waals surface area contributed by atoms with Crippen LogP contribution in [0.4, 0.5) is 0 Å². The lowest BCUT2D eigenvalue weighted by molar-refractivity contribution is 0.0348. The number of para-hydroxylation sites is 1. The van der Waals surface area contributed by atoms with Gasteiger partial charge in [-0.15, -0.1) is 0 Å². The number of rotatable bonds is 5. The van der Waals surface area contributed by atoms with E-state index < -0.39 is 0 Å². The highest BCUT2D eigenvalue weighted by molar-refractivity contribution is 5.86. The Morgan fingerprint density at radius 1 is 1.08 bits per heavy atom. The van der Waals surface area contributed by atoms with Crippen LogP contribution in [0.2, 0.25) is 0 Å².